The van der Waals surface area contributed by atoms with Crippen LogP contribution < -0.4 is 27.4 Å². The summed E-state index contributed by atoms with van der Waals surface area (Å²) in [7, 11) is 8.72. The molecule has 7 N–H and O–H groups in total. The van der Waals surface area contributed by atoms with E-state index < -0.39 is 148 Å². The molecule has 0 aliphatic carbocycles. The van der Waals surface area contributed by atoms with E-state index in [1.54, 1.807) is 77.3 Å². The van der Waals surface area contributed by atoms with Crippen LogP contribution in [0.15, 0.2) is 117 Å². The molecule has 9 amide bonds. The number of Topliss-reactive ketones (excluding diaryl/α,β-unsaturated/α-hetero) is 3. The monoisotopic (exact) mass is 1790 g/mol. The van der Waals surface area contributed by atoms with Gasteiger partial charge in [0.2, 0.25) is 41.4 Å². The van der Waals surface area contributed by atoms with E-state index in [1.165, 1.54) is 76.9 Å². The van der Waals surface area contributed by atoms with Crippen molar-refractivity contribution in [2.24, 2.45) is 39.0 Å². The molecule has 0 radical (unpaired) electrons. The zero-order chi connectivity index (χ0) is 89.2. The predicted octanol–water partition coefficient (Wildman–Crippen LogP) is 13.1. The maximum atomic E-state index is 14.7. The topological polar surface area (TPSA) is 368 Å². The number of hydrogen-bond donors (Lipinski definition) is 5. The van der Waals surface area contributed by atoms with Crippen molar-refractivity contribution in [1.29, 1.82) is 0 Å². The molecular formula is C91H129N11O18S4. The molecule has 29 nitrogen and oxygen atoms in total. The van der Waals surface area contributed by atoms with Crippen molar-refractivity contribution < 1.29 is 86.0 Å². The Morgan fingerprint density at radius 2 is 0.782 bits per heavy atom. The van der Waals surface area contributed by atoms with Gasteiger partial charge in [0.1, 0.15) is 60.3 Å². The van der Waals surface area contributed by atoms with Gasteiger partial charge in [-0.05, 0) is 170 Å². The number of nitrogens with one attached hydrogen (secondary N) is 3. The lowest BCUT2D eigenvalue weighted by atomic mass is 9.80. The van der Waals surface area contributed by atoms with E-state index in [4.69, 9.17) is 39.9 Å². The van der Waals surface area contributed by atoms with Gasteiger partial charge >= 0.3 is 12.2 Å². The Kier molecular flexibility index (Phi) is 32.5. The molecule has 4 aromatic carbocycles. The van der Waals surface area contributed by atoms with Crippen LogP contribution in [0.4, 0.5) is 21.0 Å². The van der Waals surface area contributed by atoms with E-state index in [2.05, 4.69) is 16.0 Å². The van der Waals surface area contributed by atoms with E-state index in [-0.39, 0.29) is 94.7 Å². The summed E-state index contributed by atoms with van der Waals surface area (Å²) in [5.74, 6) is -3.81. The normalized spacial score (nSPS) is 25.9. The predicted molar refractivity (Wildman–Crippen MR) is 479 cm³/mol. The average Bonchev–Trinajstić information content (AvgIpc) is 1.60. The second-order valence-corrected chi connectivity index (χ2v) is 42.2. The number of amides is 9. The summed E-state index contributed by atoms with van der Waals surface area (Å²) in [5, 5.41) is 8.99. The minimum Gasteiger partial charge on any atom is -0.444 e. The average molecular weight is 1790 g/mol. The fourth-order valence-electron chi connectivity index (χ4n) is 17.5. The number of likely N-dealkylation sites (N-methyl/N-ethyl adjacent to an activating group) is 2. The van der Waals surface area contributed by atoms with Gasteiger partial charge in [0.15, 0.2) is 17.3 Å². The van der Waals surface area contributed by atoms with Gasteiger partial charge in [-0.1, -0.05) is 174 Å². The molecule has 0 bridgehead atoms. The van der Waals surface area contributed by atoms with Gasteiger partial charge in [-0.15, -0.1) is 0 Å². The zero-order valence-electron chi connectivity index (χ0n) is 73.2. The first kappa shape index (κ1) is 99.7. The highest BCUT2D eigenvalue weighted by Gasteiger charge is 2.59. The van der Waals surface area contributed by atoms with E-state index >= 15 is 0 Å². The van der Waals surface area contributed by atoms with Crippen molar-refractivity contribution in [3.8, 4) is 0 Å². The number of para-hydroxylation sites is 2. The van der Waals surface area contributed by atoms with Crippen LogP contribution in [0, 0.1) is 27.6 Å². The van der Waals surface area contributed by atoms with E-state index in [0.717, 1.165) is 25.8 Å². The van der Waals surface area contributed by atoms with Crippen LogP contribution in [0.3, 0.4) is 0 Å². The van der Waals surface area contributed by atoms with E-state index in [1.807, 2.05) is 140 Å². The quantitative estimate of drug-likeness (QED) is 0.0431. The molecule has 4 unspecified atom stereocenters. The number of carbonyl (C=O) groups excluding carboxylic acids is 12. The molecule has 33 heteroatoms. The third-order valence-electron chi connectivity index (χ3n) is 24.0. The summed E-state index contributed by atoms with van der Waals surface area (Å²) in [4.78, 5) is 177. The molecule has 8 saturated heterocycles. The Labute approximate surface area is 746 Å². The molecule has 680 valence electrons. The zero-order valence-corrected chi connectivity index (χ0v) is 76.5. The van der Waals surface area contributed by atoms with E-state index in [0.29, 0.717) is 74.4 Å². The SMILES string of the molecule is C.C.CC1(C)C[C@@H]2OCC[C@H](N)C(=O)N2C1C(=O)Cc1ccccc1SSc1ccccc1NC(=O)C1N2C(=O)[C@@H](N)CCO[C@H]2CC1(C)C.C[C@@H](C(=O)C[C@H]1CCO[C@H]2CC(C)(C)C(C(=O)Cc3ccccc3SSc3ccccc3NC(=O)C3N4C(=O)[C@@H](NC(=O)[C@H](C)N(C)C(=O)OC(C)(C)C)CCO[C@H]4CC3(C)C)N2C1=O)N(C)C(=O)OC(C)(C)C. The smallest absolute Gasteiger partial charge is 0.410 e. The molecule has 8 aliphatic heterocycles. The number of carbonyl (C=O) groups is 12. The highest BCUT2D eigenvalue weighted by atomic mass is 33.1. The molecule has 124 heavy (non-hydrogen) atoms. The maximum absolute atomic E-state index is 14.7. The number of ketones is 3. The first-order valence-corrected chi connectivity index (χ1v) is 46.2. The molecule has 0 aromatic heterocycles. The summed E-state index contributed by atoms with van der Waals surface area (Å²) in [5.41, 5.74) is 11.1. The third-order valence-corrected chi connectivity index (χ3v) is 29.1. The number of hydrogen-bond acceptors (Lipinski definition) is 24. The van der Waals surface area contributed by atoms with Gasteiger partial charge in [0, 0.05) is 71.9 Å². The molecule has 8 heterocycles. The highest BCUT2D eigenvalue weighted by Crippen LogP contribution is 2.51. The van der Waals surface area contributed by atoms with Gasteiger partial charge in [0.05, 0.1) is 61.4 Å². The number of rotatable bonds is 23. The van der Waals surface area contributed by atoms with Crippen LogP contribution >= 0.6 is 43.2 Å². The van der Waals surface area contributed by atoms with E-state index in [9.17, 15) is 57.5 Å². The molecule has 0 saturated carbocycles. The lowest BCUT2D eigenvalue weighted by molar-refractivity contribution is -0.150. The molecule has 12 rings (SSSR count). The molecule has 4 aromatic rings. The standard InChI is InChI=1S/C54H76N6O12S2.C35H45N5O6S2.2CH4/c1-31(57(13)49(67)71-51(3,4)5)37(61)28-34-23-25-69-41-29-53(9,10)43(59(41)47(34)65)38(62)27-33-19-15-17-21-39(33)73-74-40-22-18-16-20-35(40)55-46(64)44-54(11,12)30-42-60(44)48(66)36(24-26-70-42)56-45(63)32(2)58(14)50(68)72-52(6,7)8;1-34(2)18-27-39(32(43)21(36)13-15-45-27)29(34)24(41)17-20-9-5-7-11-25(20)47-48-26-12-8-6-10-23(26)38-31(42)30-35(3,4)19-28-40(30)33(44)22(37)14-16-46-28;;/h15-22,31-32,34,36,41-44H,23-30H2,1-14H3,(H,55,64)(H,56,63);5-12,21-22,27-30H,13-19,36-37H2,1-4H3,(H,38,42);2*1H4/t31-,32-,34+,36-,41-,42-,43?,44?;21-,22-,27-,28-,29?,30?;;/m00../s1. The minimum absolute atomic E-state index is 0. The van der Waals surface area contributed by atoms with Crippen LogP contribution in [0.25, 0.3) is 0 Å². The summed E-state index contributed by atoms with van der Waals surface area (Å²) in [6.45, 7) is 30.4. The number of fused-ring (bicyclic) bond motifs is 4. The number of anilines is 2. The first-order valence-electron chi connectivity index (χ1n) is 41.9. The van der Waals surface area contributed by atoms with Gasteiger partial charge in [-0.2, -0.15) is 0 Å². The van der Waals surface area contributed by atoms with Crippen molar-refractivity contribution in [2.75, 3.05) is 51.2 Å². The summed E-state index contributed by atoms with van der Waals surface area (Å²) < 4.78 is 35.2. The summed E-state index contributed by atoms with van der Waals surface area (Å²) >= 11 is 0. The van der Waals surface area contributed by atoms with Crippen molar-refractivity contribution in [2.45, 2.75) is 306 Å². The Morgan fingerprint density at radius 1 is 0.460 bits per heavy atom. The Hall–Kier alpha value is -8.12. The highest BCUT2D eigenvalue weighted by molar-refractivity contribution is 8.77. The minimum atomic E-state index is -1.01. The molecular weight excluding hydrogens is 1660 g/mol. The van der Waals surface area contributed by atoms with Crippen molar-refractivity contribution in [1.82, 2.24) is 34.7 Å². The first-order chi connectivity index (χ1) is 57.2. The van der Waals surface area contributed by atoms with Crippen LogP contribution in [0.2, 0.25) is 0 Å². The van der Waals surface area contributed by atoms with Crippen LogP contribution in [-0.4, -0.2) is 231 Å². The van der Waals surface area contributed by atoms with Gasteiger partial charge in [-0.3, -0.25) is 52.8 Å². The Bertz CT molecular complexity index is 4330. The largest absolute Gasteiger partial charge is 0.444 e. The second kappa shape index (κ2) is 40.5. The summed E-state index contributed by atoms with van der Waals surface area (Å²) in [6.07, 6.45) is -0.339. The third kappa shape index (κ3) is 22.9. The summed E-state index contributed by atoms with van der Waals surface area (Å²) in [6, 6.07) is 22.7. The number of nitrogens with zero attached hydrogens (tertiary/aromatic N) is 6. The Morgan fingerprint density at radius 3 is 1.19 bits per heavy atom. The van der Waals surface area contributed by atoms with Crippen LogP contribution in [0.5, 0.6) is 0 Å². The van der Waals surface area contributed by atoms with Crippen molar-refractivity contribution in [3.05, 3.63) is 108 Å². The molecule has 8 fully saturated rings. The van der Waals surface area contributed by atoms with Crippen LogP contribution in [0.1, 0.15) is 195 Å². The molecule has 14 atom stereocenters. The van der Waals surface area contributed by atoms with Gasteiger partial charge in [-0.25, -0.2) is 9.59 Å². The van der Waals surface area contributed by atoms with Crippen molar-refractivity contribution >= 4 is 125 Å². The van der Waals surface area contributed by atoms with Gasteiger partial charge in [0.25, 0.3) is 0 Å². The van der Waals surface area contributed by atoms with Crippen molar-refractivity contribution in [3.63, 3.8) is 0 Å². The van der Waals surface area contributed by atoms with Gasteiger partial charge < -0.3 is 80.3 Å². The van der Waals surface area contributed by atoms with Crippen LogP contribution in [-0.2, 0) is 89.2 Å². The number of benzene rings is 4. The number of nitrogens with two attached hydrogens (primary N) is 2. The lowest BCUT2D eigenvalue weighted by Gasteiger charge is -2.34. The molecule has 0 spiro atoms. The fourth-order valence-corrected chi connectivity index (χ4v) is 22.2. The maximum Gasteiger partial charge on any atom is 0.410 e. The Balaban J connectivity index is 0.000000301. The second-order valence-electron chi connectivity index (χ2n) is 37.8. The lowest BCUT2D eigenvalue weighted by Crippen LogP contribution is -2.57. The fraction of sp³-hybridized carbons (Fsp3) is 0.604. The number of ether oxygens (including phenoxy) is 6. The molecule has 8 aliphatic rings.